The lowest BCUT2D eigenvalue weighted by molar-refractivity contribution is -0.116. The van der Waals surface area contributed by atoms with E-state index < -0.39 is 0 Å². The standard InChI is InChI=1S/C13H15NO/c1-8-4-5-12-11(6-9(2)15)7-14-13(12)10(8)3/h4-5,7,14H,6H2,1-3H3. The van der Waals surface area contributed by atoms with Crippen LogP contribution in [0.25, 0.3) is 10.9 Å². The van der Waals surface area contributed by atoms with Gasteiger partial charge in [0.1, 0.15) is 5.78 Å². The number of nitrogens with one attached hydrogen (secondary N) is 1. The Hall–Kier alpha value is -1.57. The van der Waals surface area contributed by atoms with Gasteiger partial charge in [0.05, 0.1) is 0 Å². The molecular weight excluding hydrogens is 186 g/mol. The van der Waals surface area contributed by atoms with E-state index in [2.05, 4.69) is 31.0 Å². The van der Waals surface area contributed by atoms with Crippen LogP contribution in [0.15, 0.2) is 18.3 Å². The SMILES string of the molecule is CC(=O)Cc1c[nH]c2c(C)c(C)ccc12. The lowest BCUT2D eigenvalue weighted by Gasteiger charge is -2.01. The Morgan fingerprint density at radius 1 is 1.33 bits per heavy atom. The van der Waals surface area contributed by atoms with Gasteiger partial charge in [-0.05, 0) is 37.5 Å². The molecule has 1 aromatic carbocycles. The Balaban J connectivity index is 2.61. The number of fused-ring (bicyclic) bond motifs is 1. The van der Waals surface area contributed by atoms with E-state index in [0.29, 0.717) is 6.42 Å². The predicted octanol–water partition coefficient (Wildman–Crippen LogP) is 2.92. The fraction of sp³-hybridized carbons (Fsp3) is 0.308. The summed E-state index contributed by atoms with van der Waals surface area (Å²) in [7, 11) is 0. The Kier molecular flexibility index (Phi) is 2.35. The molecule has 15 heavy (non-hydrogen) atoms. The highest BCUT2D eigenvalue weighted by Gasteiger charge is 2.08. The maximum Gasteiger partial charge on any atom is 0.134 e. The number of Topliss-reactive ketones (excluding diaryl/α,β-unsaturated/α-hetero) is 1. The van der Waals surface area contributed by atoms with Crippen LogP contribution < -0.4 is 0 Å². The maximum atomic E-state index is 11.1. The molecule has 0 spiro atoms. The number of H-pyrrole nitrogens is 1. The molecule has 0 aliphatic heterocycles. The van der Waals surface area contributed by atoms with Gasteiger partial charge in [-0.25, -0.2) is 0 Å². The Labute approximate surface area is 89.3 Å². The number of rotatable bonds is 2. The third-order valence-corrected chi connectivity index (χ3v) is 2.91. The summed E-state index contributed by atoms with van der Waals surface area (Å²) < 4.78 is 0. The smallest absolute Gasteiger partial charge is 0.134 e. The molecule has 0 aliphatic rings. The van der Waals surface area contributed by atoms with Crippen LogP contribution in [0.1, 0.15) is 23.6 Å². The lowest BCUT2D eigenvalue weighted by atomic mass is 10.0. The van der Waals surface area contributed by atoms with Crippen molar-refractivity contribution < 1.29 is 4.79 Å². The summed E-state index contributed by atoms with van der Waals surface area (Å²) in [4.78, 5) is 14.3. The van der Waals surface area contributed by atoms with E-state index in [1.54, 1.807) is 6.92 Å². The quantitative estimate of drug-likeness (QED) is 0.796. The molecule has 0 unspecified atom stereocenters. The van der Waals surface area contributed by atoms with Crippen LogP contribution >= 0.6 is 0 Å². The predicted molar refractivity (Wildman–Crippen MR) is 62.2 cm³/mol. The molecule has 0 aliphatic carbocycles. The number of carbonyl (C=O) groups is 1. The summed E-state index contributed by atoms with van der Waals surface area (Å²) in [5.74, 6) is 0.203. The molecule has 78 valence electrons. The van der Waals surface area contributed by atoms with Crippen LogP contribution in [0.2, 0.25) is 0 Å². The van der Waals surface area contributed by atoms with Crippen LogP contribution in [0.5, 0.6) is 0 Å². The van der Waals surface area contributed by atoms with Crippen LogP contribution in [0.4, 0.5) is 0 Å². The highest BCUT2D eigenvalue weighted by molar-refractivity contribution is 5.90. The van der Waals surface area contributed by atoms with Crippen LogP contribution in [0, 0.1) is 13.8 Å². The first-order valence-corrected chi connectivity index (χ1v) is 5.15. The summed E-state index contributed by atoms with van der Waals surface area (Å²) in [5.41, 5.74) is 4.80. The summed E-state index contributed by atoms with van der Waals surface area (Å²) in [6, 6.07) is 4.20. The van der Waals surface area contributed by atoms with Crippen molar-refractivity contribution in [2.75, 3.05) is 0 Å². The van der Waals surface area contributed by atoms with E-state index in [0.717, 1.165) is 11.1 Å². The van der Waals surface area contributed by atoms with E-state index in [9.17, 15) is 4.79 Å². The number of hydrogen-bond donors (Lipinski definition) is 1. The third kappa shape index (κ3) is 1.67. The summed E-state index contributed by atoms with van der Waals surface area (Å²) >= 11 is 0. The van der Waals surface area contributed by atoms with Gasteiger partial charge < -0.3 is 4.98 Å². The van der Waals surface area contributed by atoms with Crippen molar-refractivity contribution in [3.05, 3.63) is 35.0 Å². The van der Waals surface area contributed by atoms with Crippen LogP contribution in [-0.2, 0) is 11.2 Å². The normalized spacial score (nSPS) is 10.9. The second kappa shape index (κ2) is 3.54. The first-order valence-electron chi connectivity index (χ1n) is 5.15. The zero-order chi connectivity index (χ0) is 11.0. The van der Waals surface area contributed by atoms with Crippen LogP contribution in [0.3, 0.4) is 0 Å². The lowest BCUT2D eigenvalue weighted by Crippen LogP contribution is -1.94. The molecule has 0 bridgehead atoms. The van der Waals surface area contributed by atoms with Crippen LogP contribution in [-0.4, -0.2) is 10.8 Å². The Morgan fingerprint density at radius 2 is 2.07 bits per heavy atom. The molecule has 2 rings (SSSR count). The number of carbonyl (C=O) groups excluding carboxylic acids is 1. The van der Waals surface area contributed by atoms with E-state index in [-0.39, 0.29) is 5.78 Å². The molecule has 2 nitrogen and oxygen atoms in total. The molecule has 2 aromatic rings. The molecular formula is C13H15NO. The van der Waals surface area contributed by atoms with E-state index in [1.807, 2.05) is 6.20 Å². The monoisotopic (exact) mass is 201 g/mol. The largest absolute Gasteiger partial charge is 0.361 e. The van der Waals surface area contributed by atoms with Crippen molar-refractivity contribution >= 4 is 16.7 Å². The maximum absolute atomic E-state index is 11.1. The number of benzene rings is 1. The zero-order valence-electron chi connectivity index (χ0n) is 9.35. The Morgan fingerprint density at radius 3 is 2.73 bits per heavy atom. The summed E-state index contributed by atoms with van der Waals surface area (Å²) in [6.07, 6.45) is 2.46. The molecule has 0 amide bonds. The summed E-state index contributed by atoms with van der Waals surface area (Å²) in [5, 5.41) is 1.17. The Bertz CT molecular complexity index is 523. The number of aromatic nitrogens is 1. The molecule has 0 atom stereocenters. The minimum absolute atomic E-state index is 0.203. The minimum atomic E-state index is 0.203. The molecule has 0 saturated carbocycles. The van der Waals surface area contributed by atoms with Crippen molar-refractivity contribution in [1.82, 2.24) is 4.98 Å². The van der Waals surface area contributed by atoms with Gasteiger partial charge in [0, 0.05) is 23.5 Å². The van der Waals surface area contributed by atoms with Crippen molar-refractivity contribution in [1.29, 1.82) is 0 Å². The number of hydrogen-bond acceptors (Lipinski definition) is 1. The van der Waals surface area contributed by atoms with Gasteiger partial charge in [-0.2, -0.15) is 0 Å². The summed E-state index contributed by atoms with van der Waals surface area (Å²) in [6.45, 7) is 5.83. The van der Waals surface area contributed by atoms with Gasteiger partial charge in [-0.3, -0.25) is 4.79 Å². The highest BCUT2D eigenvalue weighted by Crippen LogP contribution is 2.24. The molecule has 1 aromatic heterocycles. The van der Waals surface area contributed by atoms with Gasteiger partial charge in [0.25, 0.3) is 0 Å². The van der Waals surface area contributed by atoms with Gasteiger partial charge in [-0.15, -0.1) is 0 Å². The fourth-order valence-corrected chi connectivity index (χ4v) is 1.92. The molecule has 2 heteroatoms. The van der Waals surface area contributed by atoms with Gasteiger partial charge in [0.2, 0.25) is 0 Å². The van der Waals surface area contributed by atoms with Gasteiger partial charge in [-0.1, -0.05) is 12.1 Å². The number of ketones is 1. The highest BCUT2D eigenvalue weighted by atomic mass is 16.1. The topological polar surface area (TPSA) is 32.9 Å². The molecule has 1 heterocycles. The number of aromatic amines is 1. The van der Waals surface area contributed by atoms with Crippen molar-refractivity contribution in [3.63, 3.8) is 0 Å². The van der Waals surface area contributed by atoms with Gasteiger partial charge in [0.15, 0.2) is 0 Å². The van der Waals surface area contributed by atoms with Crippen molar-refractivity contribution in [2.24, 2.45) is 0 Å². The fourth-order valence-electron chi connectivity index (χ4n) is 1.92. The van der Waals surface area contributed by atoms with E-state index in [1.165, 1.54) is 16.5 Å². The molecule has 0 fully saturated rings. The molecule has 0 radical (unpaired) electrons. The van der Waals surface area contributed by atoms with Crippen molar-refractivity contribution in [3.8, 4) is 0 Å². The van der Waals surface area contributed by atoms with Crippen molar-refractivity contribution in [2.45, 2.75) is 27.2 Å². The first-order chi connectivity index (χ1) is 7.09. The average Bonchev–Trinajstić information content (AvgIpc) is 2.55. The average molecular weight is 201 g/mol. The first kappa shape index (κ1) is 9.97. The molecule has 0 saturated heterocycles. The molecule has 1 N–H and O–H groups in total. The van der Waals surface area contributed by atoms with E-state index in [4.69, 9.17) is 0 Å². The zero-order valence-corrected chi connectivity index (χ0v) is 9.35. The second-order valence-electron chi connectivity index (χ2n) is 4.12. The second-order valence-corrected chi connectivity index (χ2v) is 4.12. The number of aryl methyl sites for hydroxylation is 2. The third-order valence-electron chi connectivity index (χ3n) is 2.91. The van der Waals surface area contributed by atoms with E-state index >= 15 is 0 Å². The van der Waals surface area contributed by atoms with Gasteiger partial charge >= 0.3 is 0 Å². The minimum Gasteiger partial charge on any atom is -0.361 e.